The summed E-state index contributed by atoms with van der Waals surface area (Å²) < 4.78 is 22.4. The van der Waals surface area contributed by atoms with Gasteiger partial charge in [0.05, 0.1) is 26.9 Å². The van der Waals surface area contributed by atoms with Gasteiger partial charge in [-0.25, -0.2) is 0 Å². The molecule has 192 valence electrons. The fourth-order valence-corrected chi connectivity index (χ4v) is 3.64. The van der Waals surface area contributed by atoms with Gasteiger partial charge in [0.1, 0.15) is 24.7 Å². The van der Waals surface area contributed by atoms with Crippen LogP contribution in [0.3, 0.4) is 0 Å². The van der Waals surface area contributed by atoms with Gasteiger partial charge >= 0.3 is 5.97 Å². The van der Waals surface area contributed by atoms with Gasteiger partial charge in [0.15, 0.2) is 11.4 Å². The monoisotopic (exact) mass is 486 g/mol. The second-order valence-electron chi connectivity index (χ2n) is 8.26. The number of nitrogens with two attached hydrogens (primary N) is 1. The smallest absolute Gasteiger partial charge is 0.325 e. The van der Waals surface area contributed by atoms with E-state index in [1.54, 1.807) is 20.1 Å². The molecule has 8 heteroatoms. The van der Waals surface area contributed by atoms with Crippen molar-refractivity contribution in [3.05, 3.63) is 42.5 Å². The summed E-state index contributed by atoms with van der Waals surface area (Å²) in [6.07, 6.45) is 4.51. The predicted molar refractivity (Wildman–Crippen MR) is 137 cm³/mol. The van der Waals surface area contributed by atoms with E-state index in [0.717, 1.165) is 36.4 Å². The Morgan fingerprint density at radius 3 is 2.43 bits per heavy atom. The molecule has 2 aromatic rings. The molecule has 0 fully saturated rings. The minimum Gasteiger partial charge on any atom is -0.497 e. The van der Waals surface area contributed by atoms with E-state index in [1.165, 1.54) is 6.42 Å². The molecule has 0 bridgehead atoms. The van der Waals surface area contributed by atoms with Crippen LogP contribution in [0.15, 0.2) is 47.6 Å². The van der Waals surface area contributed by atoms with E-state index in [9.17, 15) is 4.79 Å². The zero-order valence-corrected chi connectivity index (χ0v) is 21.5. The molecule has 2 N–H and O–H groups in total. The van der Waals surface area contributed by atoms with Gasteiger partial charge in [-0.15, -0.1) is 0 Å². The maximum Gasteiger partial charge on any atom is 0.325 e. The minimum atomic E-state index is -0.308. The number of hydrogen-bond acceptors (Lipinski definition) is 7. The first kappa shape index (κ1) is 28.0. The average molecular weight is 487 g/mol. The lowest BCUT2D eigenvalue weighted by molar-refractivity contribution is -0.210. The summed E-state index contributed by atoms with van der Waals surface area (Å²) in [7, 11) is 1.62. The maximum atomic E-state index is 12.3. The Morgan fingerprint density at radius 2 is 1.80 bits per heavy atom. The second-order valence-corrected chi connectivity index (χ2v) is 8.26. The van der Waals surface area contributed by atoms with Crippen LogP contribution in [0.25, 0.3) is 0 Å². The molecule has 1 unspecified atom stereocenters. The lowest BCUT2D eigenvalue weighted by Gasteiger charge is -2.25. The molecule has 0 aliphatic carbocycles. The van der Waals surface area contributed by atoms with E-state index >= 15 is 0 Å². The van der Waals surface area contributed by atoms with Gasteiger partial charge in [-0.3, -0.25) is 4.79 Å². The van der Waals surface area contributed by atoms with Crippen LogP contribution in [0.4, 0.5) is 11.4 Å². The molecule has 0 amide bonds. The van der Waals surface area contributed by atoms with Crippen LogP contribution in [0.2, 0.25) is 0 Å². The van der Waals surface area contributed by atoms with Crippen LogP contribution in [-0.4, -0.2) is 46.0 Å². The van der Waals surface area contributed by atoms with E-state index in [-0.39, 0.29) is 12.5 Å². The number of benzene rings is 2. The van der Waals surface area contributed by atoms with E-state index in [4.69, 9.17) is 24.5 Å². The van der Waals surface area contributed by atoms with Gasteiger partial charge in [0.2, 0.25) is 0 Å². The zero-order valence-electron chi connectivity index (χ0n) is 21.5. The van der Waals surface area contributed by atoms with Crippen LogP contribution in [0.1, 0.15) is 46.5 Å². The topological polar surface area (TPSA) is 95.2 Å². The molecule has 0 aliphatic heterocycles. The minimum absolute atomic E-state index is 0.0897. The number of esters is 1. The van der Waals surface area contributed by atoms with Crippen LogP contribution in [-0.2, 0) is 9.53 Å². The van der Waals surface area contributed by atoms with Crippen molar-refractivity contribution < 1.29 is 29.3 Å². The molecule has 0 aliphatic rings. The summed E-state index contributed by atoms with van der Waals surface area (Å²) in [5.41, 5.74) is 6.99. The van der Waals surface area contributed by atoms with E-state index in [1.807, 2.05) is 41.3 Å². The summed E-state index contributed by atoms with van der Waals surface area (Å²) in [6, 6.07) is 12.9. The third kappa shape index (κ3) is 9.47. The molecule has 2 aromatic carbocycles. The fraction of sp³-hybridized carbons (Fsp3) is 0.519. The largest absolute Gasteiger partial charge is 0.497 e. The molecule has 0 saturated carbocycles. The van der Waals surface area contributed by atoms with Gasteiger partial charge < -0.3 is 23.8 Å². The molecule has 0 radical (unpaired) electrons. The lowest BCUT2D eigenvalue weighted by Crippen LogP contribution is -2.34. The van der Waals surface area contributed by atoms with E-state index in [2.05, 4.69) is 19.0 Å². The Bertz CT molecular complexity index is 904. The first-order valence-corrected chi connectivity index (χ1v) is 12.4. The summed E-state index contributed by atoms with van der Waals surface area (Å²) in [4.78, 5) is 14.2. The Hall–Kier alpha value is -3.29. The number of nitrogens with zero attached hydrogens (tertiary/aromatic N) is 2. The molecular formula is C27H40N3O5+. The molecule has 8 nitrogen and oxygen atoms in total. The molecular weight excluding hydrogens is 446 g/mol. The van der Waals surface area contributed by atoms with Crippen molar-refractivity contribution in [2.45, 2.75) is 46.5 Å². The van der Waals surface area contributed by atoms with Gasteiger partial charge in [-0.2, -0.15) is 5.53 Å². The van der Waals surface area contributed by atoms with Crippen LogP contribution < -0.4 is 24.6 Å². The predicted octanol–water partition coefficient (Wildman–Crippen LogP) is 4.58. The van der Waals surface area contributed by atoms with Crippen LogP contribution in [0.5, 0.6) is 17.2 Å². The summed E-state index contributed by atoms with van der Waals surface area (Å²) in [5.74, 6) is 2.25. The van der Waals surface area contributed by atoms with Gasteiger partial charge in [0.25, 0.3) is 0 Å². The van der Waals surface area contributed by atoms with Crippen LogP contribution >= 0.6 is 0 Å². The quantitative estimate of drug-likeness (QED) is 0.260. The fourth-order valence-electron chi connectivity index (χ4n) is 3.64. The summed E-state index contributed by atoms with van der Waals surface area (Å²) in [5, 5.41) is 3.87. The molecule has 2 rings (SSSR count). The van der Waals surface area contributed by atoms with Crippen molar-refractivity contribution in [3.8, 4) is 17.2 Å². The molecule has 0 aromatic heterocycles. The number of anilines is 1. The number of carbonyl (C=O) groups excluding carboxylic acids is 1. The first-order chi connectivity index (χ1) is 17.0. The standard InChI is InChI=1S/C27H39N3O5/c1-5-8-9-21(6-2)20-35-26-18-22(10-15-25(26)29-28)30(19-27(31)33-7-3)16-17-34-24-13-11-23(32-4)12-14-24/h10-15,18,21,28H,5-9,16-17,19-20H2,1-4H3/p+1. The molecule has 1 atom stereocenters. The van der Waals surface area contributed by atoms with E-state index < -0.39 is 0 Å². The van der Waals surface area contributed by atoms with Gasteiger partial charge in [0, 0.05) is 11.8 Å². The van der Waals surface area contributed by atoms with Crippen molar-refractivity contribution >= 4 is 17.3 Å². The van der Waals surface area contributed by atoms with Crippen molar-refractivity contribution in [3.63, 3.8) is 0 Å². The van der Waals surface area contributed by atoms with E-state index in [0.29, 0.717) is 43.7 Å². The first-order valence-electron chi connectivity index (χ1n) is 12.4. The van der Waals surface area contributed by atoms with Crippen molar-refractivity contribution in [1.82, 2.24) is 0 Å². The summed E-state index contributed by atoms with van der Waals surface area (Å²) >= 11 is 0. The highest BCUT2D eigenvalue weighted by Gasteiger charge is 2.17. The number of ether oxygens (including phenoxy) is 4. The summed E-state index contributed by atoms with van der Waals surface area (Å²) in [6.45, 7) is 8.02. The highest BCUT2D eigenvalue weighted by molar-refractivity contribution is 5.76. The number of hydrogen-bond donors (Lipinski definition) is 1. The van der Waals surface area contributed by atoms with Crippen molar-refractivity contribution in [1.29, 1.82) is 0 Å². The SMILES string of the molecule is CCCCC(CC)COc1cc(N(CCOc2ccc(OC)cc2)CC(=O)OCC)ccc1N=[NH2+]. The van der Waals surface area contributed by atoms with Crippen LogP contribution in [0, 0.1) is 5.92 Å². The number of carbonyl (C=O) groups is 1. The van der Waals surface area contributed by atoms with Gasteiger partial charge in [-0.1, -0.05) is 33.1 Å². The van der Waals surface area contributed by atoms with Crippen molar-refractivity contribution in [2.24, 2.45) is 11.0 Å². The third-order valence-electron chi connectivity index (χ3n) is 5.78. The normalized spacial score (nSPS) is 11.4. The molecule has 35 heavy (non-hydrogen) atoms. The number of methoxy groups -OCH3 is 1. The Kier molecular flexibility index (Phi) is 12.4. The molecule has 0 spiro atoms. The zero-order chi connectivity index (χ0) is 25.5. The Morgan fingerprint density at radius 1 is 1.06 bits per heavy atom. The number of unbranched alkanes of at least 4 members (excludes halogenated alkanes) is 1. The Balaban J connectivity index is 2.14. The third-order valence-corrected chi connectivity index (χ3v) is 5.78. The maximum absolute atomic E-state index is 12.3. The highest BCUT2D eigenvalue weighted by atomic mass is 16.5. The van der Waals surface area contributed by atoms with Gasteiger partial charge in [-0.05, 0) is 60.8 Å². The lowest BCUT2D eigenvalue weighted by atomic mass is 10.0. The highest BCUT2D eigenvalue weighted by Crippen LogP contribution is 2.32. The molecule has 0 saturated heterocycles. The second kappa shape index (κ2) is 15.6. The molecule has 0 heterocycles. The average Bonchev–Trinajstić information content (AvgIpc) is 2.88. The Labute approximate surface area is 209 Å². The number of rotatable bonds is 17. The van der Waals surface area contributed by atoms with Crippen molar-refractivity contribution in [2.75, 3.05) is 44.9 Å².